The fourth-order valence-electron chi connectivity index (χ4n) is 2.82. The molecule has 1 aliphatic carbocycles. The van der Waals surface area contributed by atoms with E-state index in [1.165, 1.54) is 36.1 Å². The van der Waals surface area contributed by atoms with E-state index in [0.29, 0.717) is 0 Å². The van der Waals surface area contributed by atoms with Crippen molar-refractivity contribution in [1.29, 1.82) is 0 Å². The summed E-state index contributed by atoms with van der Waals surface area (Å²) < 4.78 is 0. The van der Waals surface area contributed by atoms with Gasteiger partial charge in [-0.3, -0.25) is 0 Å². The van der Waals surface area contributed by atoms with Crippen LogP contribution in [0.2, 0.25) is 0 Å². The highest BCUT2D eigenvalue weighted by molar-refractivity contribution is 5.61. The predicted molar refractivity (Wildman–Crippen MR) is 72.2 cm³/mol. The quantitative estimate of drug-likeness (QED) is 0.813. The van der Waals surface area contributed by atoms with Gasteiger partial charge in [0.2, 0.25) is 0 Å². The summed E-state index contributed by atoms with van der Waals surface area (Å²) in [6.45, 7) is 5.64. The molecule has 1 fully saturated rings. The molecular formula is C15H22N2. The zero-order chi connectivity index (χ0) is 11.7. The first-order chi connectivity index (χ1) is 8.34. The largest absolute Gasteiger partial charge is 0.384 e. The number of nitrogens with one attached hydrogen (secondary N) is 2. The van der Waals surface area contributed by atoms with Crippen molar-refractivity contribution in [2.75, 3.05) is 18.4 Å². The molecule has 0 spiro atoms. The van der Waals surface area contributed by atoms with E-state index in [2.05, 4.69) is 35.8 Å². The van der Waals surface area contributed by atoms with Gasteiger partial charge in [0.15, 0.2) is 0 Å². The second kappa shape index (κ2) is 4.69. The number of hydrogen-bond acceptors (Lipinski definition) is 2. The van der Waals surface area contributed by atoms with E-state index in [4.69, 9.17) is 0 Å². The summed E-state index contributed by atoms with van der Waals surface area (Å²) in [6, 6.07) is 6.67. The molecule has 1 atom stereocenters. The van der Waals surface area contributed by atoms with Crippen LogP contribution in [0.15, 0.2) is 18.2 Å². The van der Waals surface area contributed by atoms with Crippen LogP contribution in [0, 0.1) is 11.8 Å². The molecule has 0 radical (unpaired) electrons. The van der Waals surface area contributed by atoms with E-state index >= 15 is 0 Å². The number of fused-ring (bicyclic) bond motifs is 1. The van der Waals surface area contributed by atoms with Crippen LogP contribution in [0.3, 0.4) is 0 Å². The Labute approximate surface area is 104 Å². The number of hydrogen-bond donors (Lipinski definition) is 2. The minimum atomic E-state index is 0.847. The second-order valence-electron chi connectivity index (χ2n) is 5.57. The van der Waals surface area contributed by atoms with Crippen LogP contribution in [-0.4, -0.2) is 13.1 Å². The lowest BCUT2D eigenvalue weighted by Crippen LogP contribution is -2.22. The van der Waals surface area contributed by atoms with Crippen molar-refractivity contribution in [3.8, 4) is 0 Å². The molecule has 1 aromatic carbocycles. The number of benzene rings is 1. The monoisotopic (exact) mass is 230 g/mol. The van der Waals surface area contributed by atoms with Gasteiger partial charge in [0.05, 0.1) is 0 Å². The summed E-state index contributed by atoms with van der Waals surface area (Å²) in [5, 5.41) is 7.11. The zero-order valence-electron chi connectivity index (χ0n) is 10.6. The topological polar surface area (TPSA) is 24.1 Å². The number of para-hydroxylation sites is 1. The zero-order valence-corrected chi connectivity index (χ0v) is 10.6. The highest BCUT2D eigenvalue weighted by atomic mass is 14.9. The molecule has 2 heteroatoms. The van der Waals surface area contributed by atoms with E-state index < -0.39 is 0 Å². The summed E-state index contributed by atoms with van der Waals surface area (Å²) >= 11 is 0. The van der Waals surface area contributed by atoms with Gasteiger partial charge in [-0.25, -0.2) is 0 Å². The number of rotatable bonds is 5. The van der Waals surface area contributed by atoms with Gasteiger partial charge >= 0.3 is 0 Å². The molecule has 0 bridgehead atoms. The number of anilines is 1. The highest BCUT2D eigenvalue weighted by Gasteiger charge is 2.27. The third-order valence-electron chi connectivity index (χ3n) is 4.14. The van der Waals surface area contributed by atoms with Gasteiger partial charge in [0.1, 0.15) is 0 Å². The highest BCUT2D eigenvalue weighted by Crippen LogP contribution is 2.36. The van der Waals surface area contributed by atoms with Crippen molar-refractivity contribution in [3.05, 3.63) is 29.3 Å². The fourth-order valence-corrected chi connectivity index (χ4v) is 2.82. The molecule has 17 heavy (non-hydrogen) atoms. The van der Waals surface area contributed by atoms with E-state index in [1.807, 2.05) is 0 Å². The smallest absolute Gasteiger partial charge is 0.0419 e. The van der Waals surface area contributed by atoms with Crippen LogP contribution in [0.4, 0.5) is 5.69 Å². The molecule has 2 aliphatic rings. The van der Waals surface area contributed by atoms with Crippen molar-refractivity contribution in [2.24, 2.45) is 11.8 Å². The Morgan fingerprint density at radius 2 is 2.29 bits per heavy atom. The second-order valence-corrected chi connectivity index (χ2v) is 5.57. The predicted octanol–water partition coefficient (Wildman–Crippen LogP) is 2.79. The van der Waals surface area contributed by atoms with Crippen molar-refractivity contribution in [2.45, 2.75) is 32.7 Å². The third-order valence-corrected chi connectivity index (χ3v) is 4.14. The van der Waals surface area contributed by atoms with Gasteiger partial charge in [0, 0.05) is 18.8 Å². The lowest BCUT2D eigenvalue weighted by Gasteiger charge is -2.13. The van der Waals surface area contributed by atoms with Crippen molar-refractivity contribution >= 4 is 5.69 Å². The molecule has 2 nitrogen and oxygen atoms in total. The Morgan fingerprint density at radius 3 is 3.12 bits per heavy atom. The van der Waals surface area contributed by atoms with Gasteiger partial charge in [-0.2, -0.15) is 0 Å². The standard InChI is InChI=1S/C15H22N2/c1-11(12-5-6-12)9-16-10-14-4-2-3-13-7-8-17-15(13)14/h2-4,11-12,16-17H,5-10H2,1H3. The lowest BCUT2D eigenvalue weighted by atomic mass is 10.1. The minimum Gasteiger partial charge on any atom is -0.384 e. The summed E-state index contributed by atoms with van der Waals surface area (Å²) in [7, 11) is 0. The molecule has 0 saturated heterocycles. The van der Waals surface area contributed by atoms with Crippen LogP contribution in [0.1, 0.15) is 30.9 Å². The maximum absolute atomic E-state index is 3.61. The summed E-state index contributed by atoms with van der Waals surface area (Å²) in [4.78, 5) is 0. The summed E-state index contributed by atoms with van der Waals surface area (Å²) in [5.74, 6) is 1.85. The molecule has 3 rings (SSSR count). The van der Waals surface area contributed by atoms with Crippen molar-refractivity contribution in [3.63, 3.8) is 0 Å². The SMILES string of the molecule is CC(CNCc1cccc2c1NCC2)C1CC1. The van der Waals surface area contributed by atoms with Crippen LogP contribution in [-0.2, 0) is 13.0 Å². The van der Waals surface area contributed by atoms with E-state index in [0.717, 1.165) is 31.5 Å². The van der Waals surface area contributed by atoms with Gasteiger partial charge < -0.3 is 10.6 Å². The minimum absolute atomic E-state index is 0.847. The maximum atomic E-state index is 3.61. The van der Waals surface area contributed by atoms with Gasteiger partial charge in [0.25, 0.3) is 0 Å². The van der Waals surface area contributed by atoms with Crippen LogP contribution in [0.5, 0.6) is 0 Å². The van der Waals surface area contributed by atoms with E-state index in [9.17, 15) is 0 Å². The Hall–Kier alpha value is -1.02. The summed E-state index contributed by atoms with van der Waals surface area (Å²) in [6.07, 6.45) is 4.08. The molecule has 1 unspecified atom stereocenters. The maximum Gasteiger partial charge on any atom is 0.0419 e. The van der Waals surface area contributed by atoms with Gasteiger partial charge in [-0.05, 0) is 48.8 Å². The van der Waals surface area contributed by atoms with Crippen molar-refractivity contribution < 1.29 is 0 Å². The molecule has 0 aromatic heterocycles. The molecule has 0 amide bonds. The Bertz CT molecular complexity index is 396. The first kappa shape index (κ1) is 11.1. The molecule has 1 heterocycles. The van der Waals surface area contributed by atoms with Crippen LogP contribution < -0.4 is 10.6 Å². The molecule has 92 valence electrons. The first-order valence-electron chi connectivity index (χ1n) is 6.90. The Kier molecular flexibility index (Phi) is 3.06. The third kappa shape index (κ3) is 2.47. The average Bonchev–Trinajstić information content (AvgIpc) is 3.07. The average molecular weight is 230 g/mol. The molecule has 2 N–H and O–H groups in total. The van der Waals surface area contributed by atoms with Crippen LogP contribution in [0.25, 0.3) is 0 Å². The fraction of sp³-hybridized carbons (Fsp3) is 0.600. The Balaban J connectivity index is 1.56. The first-order valence-corrected chi connectivity index (χ1v) is 6.90. The van der Waals surface area contributed by atoms with Crippen molar-refractivity contribution in [1.82, 2.24) is 5.32 Å². The molecule has 1 aliphatic heterocycles. The van der Waals surface area contributed by atoms with Gasteiger partial charge in [-0.15, -0.1) is 0 Å². The van der Waals surface area contributed by atoms with Crippen LogP contribution >= 0.6 is 0 Å². The Morgan fingerprint density at radius 1 is 1.41 bits per heavy atom. The normalized spacial score (nSPS) is 19.8. The molecular weight excluding hydrogens is 208 g/mol. The molecule has 1 saturated carbocycles. The molecule has 1 aromatic rings. The lowest BCUT2D eigenvalue weighted by molar-refractivity contribution is 0.462. The van der Waals surface area contributed by atoms with E-state index in [-0.39, 0.29) is 0 Å². The van der Waals surface area contributed by atoms with E-state index in [1.54, 1.807) is 0 Å². The van der Waals surface area contributed by atoms with Gasteiger partial charge in [-0.1, -0.05) is 25.1 Å². The summed E-state index contributed by atoms with van der Waals surface area (Å²) in [5.41, 5.74) is 4.31.